The summed E-state index contributed by atoms with van der Waals surface area (Å²) in [6.45, 7) is -0.0682. The van der Waals surface area contributed by atoms with Gasteiger partial charge in [0.05, 0.1) is 16.7 Å². The number of halogens is 3. The minimum atomic E-state index is -3.95. The number of methoxy groups -OCH3 is 1. The van der Waals surface area contributed by atoms with Crippen molar-refractivity contribution in [3.05, 3.63) is 27.2 Å². The molecule has 1 atom stereocenters. The van der Waals surface area contributed by atoms with Crippen LogP contribution in [0.2, 0.25) is 15.1 Å². The van der Waals surface area contributed by atoms with E-state index in [-0.39, 0.29) is 39.6 Å². The third-order valence-electron chi connectivity index (χ3n) is 2.40. The van der Waals surface area contributed by atoms with Crippen LogP contribution in [-0.4, -0.2) is 39.9 Å². The Morgan fingerprint density at radius 1 is 1.30 bits per heavy atom. The first-order chi connectivity index (χ1) is 9.31. The van der Waals surface area contributed by atoms with Gasteiger partial charge in [0.2, 0.25) is 10.0 Å². The van der Waals surface area contributed by atoms with Gasteiger partial charge in [-0.15, -0.1) is 0 Å². The van der Waals surface area contributed by atoms with E-state index in [9.17, 15) is 8.42 Å². The molecule has 5 nitrogen and oxygen atoms in total. The van der Waals surface area contributed by atoms with Gasteiger partial charge in [0.25, 0.3) is 0 Å². The highest BCUT2D eigenvalue weighted by atomic mass is 35.5. The molecule has 0 radical (unpaired) electrons. The summed E-state index contributed by atoms with van der Waals surface area (Å²) in [5, 5.41) is 9.01. The maximum atomic E-state index is 12.3. The largest absolute Gasteiger partial charge is 0.396 e. The maximum absolute atomic E-state index is 12.3. The molecule has 0 aliphatic heterocycles. The molecule has 0 bridgehead atoms. The van der Waals surface area contributed by atoms with Crippen LogP contribution in [0.3, 0.4) is 0 Å². The van der Waals surface area contributed by atoms with Gasteiger partial charge in [0, 0.05) is 24.8 Å². The van der Waals surface area contributed by atoms with Crippen LogP contribution in [0.5, 0.6) is 0 Å². The molecule has 0 fully saturated rings. The van der Waals surface area contributed by atoms with Crippen molar-refractivity contribution in [2.45, 2.75) is 17.4 Å². The molecule has 0 heterocycles. The minimum Gasteiger partial charge on any atom is -0.396 e. The Balaban J connectivity index is 3.10. The van der Waals surface area contributed by atoms with Crippen LogP contribution in [-0.2, 0) is 14.8 Å². The second-order valence-electron chi connectivity index (χ2n) is 3.98. The quantitative estimate of drug-likeness (QED) is 0.780. The van der Waals surface area contributed by atoms with Crippen molar-refractivity contribution >= 4 is 44.8 Å². The number of hydrogen-bond donors (Lipinski definition) is 2. The molecule has 1 aromatic rings. The van der Waals surface area contributed by atoms with Crippen molar-refractivity contribution in [1.82, 2.24) is 4.72 Å². The van der Waals surface area contributed by atoms with E-state index in [1.165, 1.54) is 19.2 Å². The van der Waals surface area contributed by atoms with Crippen LogP contribution in [0.25, 0.3) is 0 Å². The lowest BCUT2D eigenvalue weighted by Gasteiger charge is -2.18. The Morgan fingerprint density at radius 2 is 1.85 bits per heavy atom. The molecule has 1 rings (SSSR count). The van der Waals surface area contributed by atoms with Gasteiger partial charge in [-0.2, -0.15) is 0 Å². The molecule has 0 saturated heterocycles. The van der Waals surface area contributed by atoms with E-state index in [0.717, 1.165) is 0 Å². The van der Waals surface area contributed by atoms with Crippen LogP contribution in [0.4, 0.5) is 0 Å². The molecule has 1 aromatic carbocycles. The molecular weight excluding hydrogens is 349 g/mol. The third-order valence-corrected chi connectivity index (χ3v) is 5.06. The van der Waals surface area contributed by atoms with Crippen molar-refractivity contribution in [2.75, 3.05) is 20.3 Å². The molecule has 0 aliphatic carbocycles. The lowest BCUT2D eigenvalue weighted by molar-refractivity contribution is 0.158. The summed E-state index contributed by atoms with van der Waals surface area (Å²) in [7, 11) is -2.51. The van der Waals surface area contributed by atoms with Gasteiger partial charge in [0.15, 0.2) is 0 Å². The Labute approximate surface area is 132 Å². The third kappa shape index (κ3) is 4.73. The van der Waals surface area contributed by atoms with Crippen LogP contribution < -0.4 is 4.72 Å². The molecule has 114 valence electrons. The highest BCUT2D eigenvalue weighted by Crippen LogP contribution is 2.32. The Hall–Kier alpha value is -0.0800. The number of nitrogens with one attached hydrogen (secondary N) is 1. The van der Waals surface area contributed by atoms with E-state index < -0.39 is 16.1 Å². The van der Waals surface area contributed by atoms with Gasteiger partial charge < -0.3 is 9.84 Å². The SMILES string of the molecule is COCC(CCO)NS(=O)(=O)c1c(Cl)cc(Cl)cc1Cl. The number of hydrogen-bond acceptors (Lipinski definition) is 4. The highest BCUT2D eigenvalue weighted by molar-refractivity contribution is 7.89. The van der Waals surface area contributed by atoms with Gasteiger partial charge in [-0.05, 0) is 18.6 Å². The van der Waals surface area contributed by atoms with Gasteiger partial charge >= 0.3 is 0 Å². The molecule has 0 saturated carbocycles. The van der Waals surface area contributed by atoms with Crippen LogP contribution in [0, 0.1) is 0 Å². The second-order valence-corrected chi connectivity index (χ2v) is 6.89. The predicted molar refractivity (Wildman–Crippen MR) is 79.2 cm³/mol. The summed E-state index contributed by atoms with van der Waals surface area (Å²) in [4.78, 5) is -0.246. The molecule has 2 N–H and O–H groups in total. The van der Waals surface area contributed by atoms with Crippen molar-refractivity contribution in [3.8, 4) is 0 Å². The van der Waals surface area contributed by atoms with Crippen molar-refractivity contribution < 1.29 is 18.3 Å². The van der Waals surface area contributed by atoms with Crippen LogP contribution in [0.15, 0.2) is 17.0 Å². The molecule has 0 aromatic heterocycles. The number of benzene rings is 1. The Bertz CT molecular complexity index is 536. The van der Waals surface area contributed by atoms with E-state index in [4.69, 9.17) is 44.6 Å². The standard InChI is InChI=1S/C11H14Cl3NO4S/c1-19-6-8(2-3-16)15-20(17,18)11-9(13)4-7(12)5-10(11)14/h4-5,8,15-16H,2-3,6H2,1H3. The molecule has 20 heavy (non-hydrogen) atoms. The number of sulfonamides is 1. The number of ether oxygens (including phenoxy) is 1. The Kier molecular flexibility index (Phi) is 7.00. The highest BCUT2D eigenvalue weighted by Gasteiger charge is 2.25. The normalized spacial score (nSPS) is 13.4. The fourth-order valence-electron chi connectivity index (χ4n) is 1.60. The van der Waals surface area contributed by atoms with E-state index in [1.54, 1.807) is 0 Å². The predicted octanol–water partition coefficient (Wildman–Crippen LogP) is 2.32. The van der Waals surface area contributed by atoms with Crippen molar-refractivity contribution in [3.63, 3.8) is 0 Å². The zero-order valence-corrected chi connectivity index (χ0v) is 13.7. The second kappa shape index (κ2) is 7.79. The van der Waals surface area contributed by atoms with E-state index in [2.05, 4.69) is 4.72 Å². The van der Waals surface area contributed by atoms with E-state index in [0.29, 0.717) is 0 Å². The molecular formula is C11H14Cl3NO4S. The number of rotatable bonds is 7. The summed E-state index contributed by atoms with van der Waals surface area (Å²) < 4.78 is 31.9. The fraction of sp³-hybridized carbons (Fsp3) is 0.455. The minimum absolute atomic E-state index is 0.0739. The van der Waals surface area contributed by atoms with Crippen LogP contribution in [0.1, 0.15) is 6.42 Å². The molecule has 0 aliphatic rings. The number of aliphatic hydroxyl groups is 1. The molecule has 1 unspecified atom stereocenters. The first kappa shape index (κ1) is 18.0. The van der Waals surface area contributed by atoms with Gasteiger partial charge in [-0.3, -0.25) is 0 Å². The summed E-state index contributed by atoms with van der Waals surface area (Å²) in [5.74, 6) is 0. The zero-order chi connectivity index (χ0) is 15.3. The summed E-state index contributed by atoms with van der Waals surface area (Å²) in [6.07, 6.45) is 0.204. The van der Waals surface area contributed by atoms with Crippen molar-refractivity contribution in [1.29, 1.82) is 0 Å². The maximum Gasteiger partial charge on any atom is 0.243 e. The fourth-order valence-corrected chi connectivity index (χ4v) is 4.40. The number of aliphatic hydroxyl groups excluding tert-OH is 1. The molecule has 9 heteroatoms. The first-order valence-electron chi connectivity index (χ1n) is 5.58. The van der Waals surface area contributed by atoms with Crippen LogP contribution >= 0.6 is 34.8 Å². The summed E-state index contributed by atoms with van der Waals surface area (Å²) >= 11 is 17.5. The topological polar surface area (TPSA) is 75.6 Å². The monoisotopic (exact) mass is 361 g/mol. The Morgan fingerprint density at radius 3 is 2.30 bits per heavy atom. The van der Waals surface area contributed by atoms with E-state index in [1.807, 2.05) is 0 Å². The average Bonchev–Trinajstić information content (AvgIpc) is 2.26. The average molecular weight is 363 g/mol. The smallest absolute Gasteiger partial charge is 0.243 e. The molecule has 0 spiro atoms. The van der Waals surface area contributed by atoms with E-state index >= 15 is 0 Å². The van der Waals surface area contributed by atoms with Crippen molar-refractivity contribution in [2.24, 2.45) is 0 Å². The van der Waals surface area contributed by atoms with Gasteiger partial charge in [-0.1, -0.05) is 34.8 Å². The summed E-state index contributed by atoms with van der Waals surface area (Å²) in [5.41, 5.74) is 0. The first-order valence-corrected chi connectivity index (χ1v) is 8.20. The lowest BCUT2D eigenvalue weighted by Crippen LogP contribution is -2.38. The molecule has 0 amide bonds. The summed E-state index contributed by atoms with van der Waals surface area (Å²) in [6, 6.07) is 2.00. The zero-order valence-electron chi connectivity index (χ0n) is 10.6. The van der Waals surface area contributed by atoms with Gasteiger partial charge in [0.1, 0.15) is 4.90 Å². The lowest BCUT2D eigenvalue weighted by atomic mass is 10.2. The van der Waals surface area contributed by atoms with Gasteiger partial charge in [-0.25, -0.2) is 13.1 Å².